The fourth-order valence-corrected chi connectivity index (χ4v) is 2.05. The third kappa shape index (κ3) is 3.36. The maximum atomic E-state index is 6.18. The molecule has 0 spiro atoms. The van der Waals surface area contributed by atoms with Crippen molar-refractivity contribution in [1.29, 1.82) is 0 Å². The van der Waals surface area contributed by atoms with Gasteiger partial charge in [-0.2, -0.15) is 0 Å². The summed E-state index contributed by atoms with van der Waals surface area (Å²) < 4.78 is 0. The number of halogens is 1. The highest BCUT2D eigenvalue weighted by Gasteiger charge is 2.09. The van der Waals surface area contributed by atoms with Crippen LogP contribution in [0.1, 0.15) is 12.6 Å². The Balaban J connectivity index is 2.23. The summed E-state index contributed by atoms with van der Waals surface area (Å²) in [6.45, 7) is 3.63. The van der Waals surface area contributed by atoms with Crippen molar-refractivity contribution in [2.75, 3.05) is 16.9 Å². The van der Waals surface area contributed by atoms with E-state index >= 15 is 0 Å². The Morgan fingerprint density at radius 2 is 1.95 bits per heavy atom. The molecule has 0 saturated carbocycles. The fourth-order valence-electron chi connectivity index (χ4n) is 1.88. The number of nitrogens with one attached hydrogen (secondary N) is 1. The number of nitrogens with zero attached hydrogens (tertiary/aromatic N) is 2. The van der Waals surface area contributed by atoms with Crippen LogP contribution in [0.15, 0.2) is 42.5 Å². The van der Waals surface area contributed by atoms with Crippen molar-refractivity contribution in [3.8, 4) is 0 Å². The van der Waals surface area contributed by atoms with E-state index in [2.05, 4.69) is 34.4 Å². The minimum atomic E-state index is 0.614. The molecule has 0 aliphatic rings. The van der Waals surface area contributed by atoms with E-state index < -0.39 is 0 Å². The third-order valence-corrected chi connectivity index (χ3v) is 3.25. The highest BCUT2D eigenvalue weighted by molar-refractivity contribution is 6.31. The van der Waals surface area contributed by atoms with Crippen molar-refractivity contribution in [3.63, 3.8) is 0 Å². The first-order valence-electron chi connectivity index (χ1n) is 6.16. The van der Waals surface area contributed by atoms with Gasteiger partial charge in [-0.1, -0.05) is 29.8 Å². The number of hydrogen-bond acceptors (Lipinski definition) is 4. The Morgan fingerprint density at radius 1 is 1.21 bits per heavy atom. The van der Waals surface area contributed by atoms with Gasteiger partial charge in [0.25, 0.3) is 0 Å². The van der Waals surface area contributed by atoms with Crippen molar-refractivity contribution in [1.82, 2.24) is 4.98 Å². The number of rotatable bonds is 5. The first-order chi connectivity index (χ1) is 9.24. The van der Waals surface area contributed by atoms with Gasteiger partial charge in [0.1, 0.15) is 5.82 Å². The lowest BCUT2D eigenvalue weighted by molar-refractivity contribution is 0.810. The van der Waals surface area contributed by atoms with Crippen molar-refractivity contribution in [3.05, 3.63) is 53.2 Å². The van der Waals surface area contributed by atoms with Gasteiger partial charge in [0.15, 0.2) is 0 Å². The Hall–Kier alpha value is -1.78. The van der Waals surface area contributed by atoms with Crippen molar-refractivity contribution in [2.24, 2.45) is 5.84 Å². The summed E-state index contributed by atoms with van der Waals surface area (Å²) in [4.78, 5) is 6.60. The number of benzene rings is 1. The molecular formula is C14H17ClN4. The van der Waals surface area contributed by atoms with Gasteiger partial charge < -0.3 is 10.3 Å². The summed E-state index contributed by atoms with van der Waals surface area (Å²) in [5, 5.41) is 0.647. The lowest BCUT2D eigenvalue weighted by Crippen LogP contribution is -2.23. The zero-order valence-electron chi connectivity index (χ0n) is 10.8. The first kappa shape index (κ1) is 13.6. The van der Waals surface area contributed by atoms with Gasteiger partial charge in [0.05, 0.1) is 17.3 Å². The predicted molar refractivity (Wildman–Crippen MR) is 80.2 cm³/mol. The molecule has 0 saturated heterocycles. The summed E-state index contributed by atoms with van der Waals surface area (Å²) >= 11 is 6.18. The highest BCUT2D eigenvalue weighted by atomic mass is 35.5. The van der Waals surface area contributed by atoms with E-state index in [9.17, 15) is 0 Å². The smallest absolute Gasteiger partial charge is 0.140 e. The molecule has 19 heavy (non-hydrogen) atoms. The van der Waals surface area contributed by atoms with E-state index in [0.717, 1.165) is 17.9 Å². The average Bonchev–Trinajstić information content (AvgIpc) is 2.47. The number of hydrogen-bond donors (Lipinski definition) is 2. The monoisotopic (exact) mass is 276 g/mol. The number of hydrazine groups is 1. The van der Waals surface area contributed by atoms with Gasteiger partial charge in [-0.25, -0.2) is 10.8 Å². The zero-order valence-corrected chi connectivity index (χ0v) is 11.6. The Morgan fingerprint density at radius 3 is 2.58 bits per heavy atom. The van der Waals surface area contributed by atoms with E-state index in [1.54, 1.807) is 12.1 Å². The molecule has 4 nitrogen and oxygen atoms in total. The molecule has 2 aromatic rings. The molecule has 1 heterocycles. The summed E-state index contributed by atoms with van der Waals surface area (Å²) in [5.74, 6) is 5.99. The zero-order chi connectivity index (χ0) is 13.7. The van der Waals surface area contributed by atoms with Gasteiger partial charge in [0.2, 0.25) is 0 Å². The standard InChI is InChI=1S/C14H17ClN4/c1-2-19(11-6-4-3-5-7-11)10-13-12(15)8-9-14(17-13)18-16/h3-9H,2,10,16H2,1H3,(H,17,18). The largest absolute Gasteiger partial charge is 0.366 e. The lowest BCUT2D eigenvalue weighted by Gasteiger charge is -2.23. The van der Waals surface area contributed by atoms with Crippen LogP contribution < -0.4 is 16.2 Å². The van der Waals surface area contributed by atoms with E-state index in [1.807, 2.05) is 18.2 Å². The Kier molecular flexibility index (Phi) is 4.60. The van der Waals surface area contributed by atoms with E-state index in [0.29, 0.717) is 17.4 Å². The molecule has 0 aliphatic heterocycles. The second-order valence-corrected chi connectivity index (χ2v) is 4.53. The maximum Gasteiger partial charge on any atom is 0.140 e. The minimum absolute atomic E-state index is 0.614. The number of para-hydroxylation sites is 1. The van der Waals surface area contributed by atoms with Gasteiger partial charge in [-0.15, -0.1) is 0 Å². The molecule has 0 bridgehead atoms. The van der Waals surface area contributed by atoms with Crippen LogP contribution in [0.25, 0.3) is 0 Å². The first-order valence-corrected chi connectivity index (χ1v) is 6.54. The van der Waals surface area contributed by atoms with E-state index in [1.165, 1.54) is 0 Å². The number of pyridine rings is 1. The quantitative estimate of drug-likeness (QED) is 0.651. The predicted octanol–water partition coefficient (Wildman–Crippen LogP) is 3.05. The molecule has 5 heteroatoms. The second kappa shape index (κ2) is 6.41. The number of nitrogens with two attached hydrogens (primary N) is 1. The van der Waals surface area contributed by atoms with Crippen LogP contribution in [0.3, 0.4) is 0 Å². The van der Waals surface area contributed by atoms with Crippen molar-refractivity contribution in [2.45, 2.75) is 13.5 Å². The molecule has 0 amide bonds. The maximum absolute atomic E-state index is 6.18. The minimum Gasteiger partial charge on any atom is -0.366 e. The second-order valence-electron chi connectivity index (χ2n) is 4.12. The summed E-state index contributed by atoms with van der Waals surface area (Å²) in [6, 6.07) is 13.7. The normalized spacial score (nSPS) is 10.3. The summed E-state index contributed by atoms with van der Waals surface area (Å²) in [5.41, 5.74) is 4.49. The van der Waals surface area contributed by atoms with Gasteiger partial charge in [0, 0.05) is 12.2 Å². The number of anilines is 2. The van der Waals surface area contributed by atoms with Crippen LogP contribution >= 0.6 is 11.6 Å². The average molecular weight is 277 g/mol. The van der Waals surface area contributed by atoms with Gasteiger partial charge in [-0.3, -0.25) is 0 Å². The third-order valence-electron chi connectivity index (χ3n) is 2.91. The molecule has 2 rings (SSSR count). The molecule has 1 aromatic heterocycles. The molecular weight excluding hydrogens is 260 g/mol. The Bertz CT molecular complexity index is 530. The molecule has 1 aromatic carbocycles. The molecule has 3 N–H and O–H groups in total. The SMILES string of the molecule is CCN(Cc1nc(NN)ccc1Cl)c1ccccc1. The van der Waals surface area contributed by atoms with Crippen LogP contribution in [0.5, 0.6) is 0 Å². The van der Waals surface area contributed by atoms with Crippen molar-refractivity contribution < 1.29 is 0 Å². The van der Waals surface area contributed by atoms with Crippen LogP contribution in [0, 0.1) is 0 Å². The molecule has 0 atom stereocenters. The fraction of sp³-hybridized carbons (Fsp3) is 0.214. The Labute approximate surface area is 118 Å². The topological polar surface area (TPSA) is 54.2 Å². The summed E-state index contributed by atoms with van der Waals surface area (Å²) in [6.07, 6.45) is 0. The number of aromatic nitrogens is 1. The van der Waals surface area contributed by atoms with Gasteiger partial charge >= 0.3 is 0 Å². The molecule has 0 radical (unpaired) electrons. The van der Waals surface area contributed by atoms with Crippen LogP contribution in [0.2, 0.25) is 5.02 Å². The molecule has 0 fully saturated rings. The van der Waals surface area contributed by atoms with E-state index in [-0.39, 0.29) is 0 Å². The van der Waals surface area contributed by atoms with Crippen molar-refractivity contribution >= 4 is 23.1 Å². The summed E-state index contributed by atoms with van der Waals surface area (Å²) in [7, 11) is 0. The van der Waals surface area contributed by atoms with Crippen LogP contribution in [0.4, 0.5) is 11.5 Å². The molecule has 0 aliphatic carbocycles. The highest BCUT2D eigenvalue weighted by Crippen LogP contribution is 2.21. The van der Waals surface area contributed by atoms with Crippen LogP contribution in [-0.4, -0.2) is 11.5 Å². The molecule has 100 valence electrons. The van der Waals surface area contributed by atoms with Crippen LogP contribution in [-0.2, 0) is 6.54 Å². The lowest BCUT2D eigenvalue weighted by atomic mass is 10.2. The van der Waals surface area contributed by atoms with E-state index in [4.69, 9.17) is 17.4 Å². The molecule has 0 unspecified atom stereocenters. The van der Waals surface area contributed by atoms with Gasteiger partial charge in [-0.05, 0) is 31.2 Å². The number of nitrogen functional groups attached to an aromatic ring is 1.